The van der Waals surface area contributed by atoms with Crippen LogP contribution in [0.3, 0.4) is 0 Å². The molecule has 0 saturated carbocycles. The SMILES string of the molecule is CCC(C)(CCO)NS(=O)(=O)Cc1ccc(C(=O)O)cc1. The second-order valence-corrected chi connectivity index (χ2v) is 6.97. The molecular weight excluding hydrogens is 294 g/mol. The maximum atomic E-state index is 12.2. The molecule has 0 heterocycles. The van der Waals surface area contributed by atoms with Gasteiger partial charge in [0.2, 0.25) is 10.0 Å². The quantitative estimate of drug-likeness (QED) is 0.672. The summed E-state index contributed by atoms with van der Waals surface area (Å²) >= 11 is 0. The molecule has 1 rings (SSSR count). The zero-order valence-electron chi connectivity index (χ0n) is 12.2. The highest BCUT2D eigenvalue weighted by Crippen LogP contribution is 2.17. The second kappa shape index (κ2) is 7.02. The van der Waals surface area contributed by atoms with Crippen LogP contribution < -0.4 is 4.72 Å². The van der Waals surface area contributed by atoms with Gasteiger partial charge < -0.3 is 10.2 Å². The van der Waals surface area contributed by atoms with Gasteiger partial charge in [0.1, 0.15) is 0 Å². The van der Waals surface area contributed by atoms with Crippen LogP contribution in [0.5, 0.6) is 0 Å². The lowest BCUT2D eigenvalue weighted by Gasteiger charge is -2.28. The van der Waals surface area contributed by atoms with Gasteiger partial charge in [-0.1, -0.05) is 19.1 Å². The largest absolute Gasteiger partial charge is 0.478 e. The zero-order chi connectivity index (χ0) is 16.1. The minimum atomic E-state index is -3.57. The first-order chi connectivity index (χ1) is 9.71. The van der Waals surface area contributed by atoms with Crippen molar-refractivity contribution in [2.75, 3.05) is 6.61 Å². The predicted octanol–water partition coefficient (Wildman–Crippen LogP) is 1.36. The van der Waals surface area contributed by atoms with E-state index in [1.165, 1.54) is 24.3 Å². The third-order valence-corrected chi connectivity index (χ3v) is 4.92. The summed E-state index contributed by atoms with van der Waals surface area (Å²) in [6, 6.07) is 5.72. The number of carboxylic acids is 1. The van der Waals surface area contributed by atoms with Crippen molar-refractivity contribution in [2.45, 2.75) is 38.0 Å². The molecule has 0 aliphatic carbocycles. The minimum absolute atomic E-state index is 0.0971. The monoisotopic (exact) mass is 315 g/mol. The van der Waals surface area contributed by atoms with Crippen LogP contribution in [-0.2, 0) is 15.8 Å². The van der Waals surface area contributed by atoms with Gasteiger partial charge in [0, 0.05) is 12.1 Å². The van der Waals surface area contributed by atoms with Crippen LogP contribution in [0.2, 0.25) is 0 Å². The van der Waals surface area contributed by atoms with Crippen molar-refractivity contribution in [2.24, 2.45) is 0 Å². The second-order valence-electron chi connectivity index (χ2n) is 5.25. The van der Waals surface area contributed by atoms with Crippen molar-refractivity contribution >= 4 is 16.0 Å². The van der Waals surface area contributed by atoms with Gasteiger partial charge in [-0.2, -0.15) is 0 Å². The van der Waals surface area contributed by atoms with Crippen molar-refractivity contribution in [3.05, 3.63) is 35.4 Å². The number of hydrogen-bond acceptors (Lipinski definition) is 4. The summed E-state index contributed by atoms with van der Waals surface area (Å²) in [5.41, 5.74) is -0.0630. The molecule has 1 unspecified atom stereocenters. The Morgan fingerprint density at radius 1 is 1.29 bits per heavy atom. The lowest BCUT2D eigenvalue weighted by atomic mass is 9.97. The van der Waals surface area contributed by atoms with Crippen LogP contribution in [0, 0.1) is 0 Å². The van der Waals surface area contributed by atoms with E-state index in [0.29, 0.717) is 18.4 Å². The number of nitrogens with one attached hydrogen (secondary N) is 1. The molecule has 21 heavy (non-hydrogen) atoms. The van der Waals surface area contributed by atoms with Gasteiger partial charge in [0.15, 0.2) is 0 Å². The summed E-state index contributed by atoms with van der Waals surface area (Å²) in [6.07, 6.45) is 0.894. The van der Waals surface area contributed by atoms with Crippen LogP contribution in [0.1, 0.15) is 42.6 Å². The fraction of sp³-hybridized carbons (Fsp3) is 0.500. The van der Waals surface area contributed by atoms with E-state index in [-0.39, 0.29) is 17.9 Å². The Bertz CT molecular complexity index is 582. The minimum Gasteiger partial charge on any atom is -0.478 e. The molecule has 3 N–H and O–H groups in total. The number of aliphatic hydroxyl groups excluding tert-OH is 1. The first-order valence-electron chi connectivity index (χ1n) is 6.66. The Hall–Kier alpha value is -1.44. The van der Waals surface area contributed by atoms with Gasteiger partial charge in [0.25, 0.3) is 0 Å². The summed E-state index contributed by atoms with van der Waals surface area (Å²) in [4.78, 5) is 10.7. The summed E-state index contributed by atoms with van der Waals surface area (Å²) < 4.78 is 26.9. The van der Waals surface area contributed by atoms with E-state index in [4.69, 9.17) is 10.2 Å². The molecule has 0 spiro atoms. The lowest BCUT2D eigenvalue weighted by Crippen LogP contribution is -2.46. The molecule has 0 aliphatic rings. The molecule has 0 fully saturated rings. The van der Waals surface area contributed by atoms with Crippen molar-refractivity contribution in [1.82, 2.24) is 4.72 Å². The van der Waals surface area contributed by atoms with E-state index < -0.39 is 21.5 Å². The van der Waals surface area contributed by atoms with E-state index >= 15 is 0 Å². The zero-order valence-corrected chi connectivity index (χ0v) is 13.0. The normalized spacial score (nSPS) is 14.6. The summed E-state index contributed by atoms with van der Waals surface area (Å²) in [6.45, 7) is 3.49. The Labute approximate surface area is 124 Å². The standard InChI is InChI=1S/C14H21NO5S/c1-3-14(2,8-9-16)15-21(19,20)10-11-4-6-12(7-5-11)13(17)18/h4-7,15-16H,3,8-10H2,1-2H3,(H,17,18). The highest BCUT2D eigenvalue weighted by molar-refractivity contribution is 7.88. The molecular formula is C14H21NO5S. The average molecular weight is 315 g/mol. The molecule has 0 aromatic heterocycles. The van der Waals surface area contributed by atoms with Gasteiger partial charge >= 0.3 is 5.97 Å². The molecule has 1 aromatic rings. The number of hydrogen-bond donors (Lipinski definition) is 3. The summed E-state index contributed by atoms with van der Waals surface area (Å²) in [5, 5.41) is 17.8. The third-order valence-electron chi connectivity index (χ3n) is 3.40. The number of aromatic carboxylic acids is 1. The molecule has 0 saturated heterocycles. The van der Waals surface area contributed by atoms with Crippen molar-refractivity contribution in [3.8, 4) is 0 Å². The topological polar surface area (TPSA) is 104 Å². The predicted molar refractivity (Wildman–Crippen MR) is 79.6 cm³/mol. The number of carbonyl (C=O) groups is 1. The molecule has 1 aromatic carbocycles. The number of rotatable bonds is 8. The molecule has 1 atom stereocenters. The first-order valence-corrected chi connectivity index (χ1v) is 8.31. The molecule has 7 heteroatoms. The molecule has 0 aliphatic heterocycles. The van der Waals surface area contributed by atoms with Gasteiger partial charge in [-0.3, -0.25) is 0 Å². The molecule has 0 bridgehead atoms. The molecule has 6 nitrogen and oxygen atoms in total. The molecule has 0 radical (unpaired) electrons. The van der Waals surface area contributed by atoms with E-state index in [0.717, 1.165) is 0 Å². The third kappa shape index (κ3) is 5.45. The van der Waals surface area contributed by atoms with Crippen molar-refractivity contribution in [1.29, 1.82) is 0 Å². The fourth-order valence-electron chi connectivity index (χ4n) is 1.92. The number of benzene rings is 1. The fourth-order valence-corrected chi connectivity index (χ4v) is 3.62. The Morgan fingerprint density at radius 2 is 1.86 bits per heavy atom. The van der Waals surface area contributed by atoms with Crippen LogP contribution >= 0.6 is 0 Å². The highest BCUT2D eigenvalue weighted by Gasteiger charge is 2.27. The van der Waals surface area contributed by atoms with Gasteiger partial charge in [-0.25, -0.2) is 17.9 Å². The summed E-state index contributed by atoms with van der Waals surface area (Å²) in [5.74, 6) is -1.28. The first kappa shape index (κ1) is 17.6. The maximum absolute atomic E-state index is 12.2. The van der Waals surface area contributed by atoms with Gasteiger partial charge in [0.05, 0.1) is 11.3 Å². The van der Waals surface area contributed by atoms with Crippen molar-refractivity contribution in [3.63, 3.8) is 0 Å². The van der Waals surface area contributed by atoms with E-state index in [2.05, 4.69) is 4.72 Å². The number of carboxylic acid groups (broad SMARTS) is 1. The van der Waals surface area contributed by atoms with Crippen LogP contribution in [0.15, 0.2) is 24.3 Å². The van der Waals surface area contributed by atoms with Crippen LogP contribution in [0.25, 0.3) is 0 Å². The smallest absolute Gasteiger partial charge is 0.335 e. The Balaban J connectivity index is 2.82. The van der Waals surface area contributed by atoms with Crippen LogP contribution in [0.4, 0.5) is 0 Å². The van der Waals surface area contributed by atoms with Gasteiger partial charge in [-0.05, 0) is 37.5 Å². The Morgan fingerprint density at radius 3 is 2.29 bits per heavy atom. The van der Waals surface area contributed by atoms with E-state index in [1.807, 2.05) is 6.92 Å². The number of sulfonamides is 1. The van der Waals surface area contributed by atoms with Crippen LogP contribution in [-0.4, -0.2) is 36.7 Å². The molecule has 118 valence electrons. The average Bonchev–Trinajstić information content (AvgIpc) is 2.38. The number of aliphatic hydroxyl groups is 1. The Kier molecular flexibility index (Phi) is 5.88. The molecule has 0 amide bonds. The van der Waals surface area contributed by atoms with Crippen molar-refractivity contribution < 1.29 is 23.4 Å². The maximum Gasteiger partial charge on any atom is 0.335 e. The lowest BCUT2D eigenvalue weighted by molar-refractivity contribution is 0.0697. The summed E-state index contributed by atoms with van der Waals surface area (Å²) in [7, 11) is -3.57. The van der Waals surface area contributed by atoms with Gasteiger partial charge in [-0.15, -0.1) is 0 Å². The highest BCUT2D eigenvalue weighted by atomic mass is 32.2. The van der Waals surface area contributed by atoms with E-state index in [9.17, 15) is 13.2 Å². The van der Waals surface area contributed by atoms with E-state index in [1.54, 1.807) is 6.92 Å².